The van der Waals surface area contributed by atoms with Crippen LogP contribution in [0.3, 0.4) is 0 Å². The zero-order valence-corrected chi connectivity index (χ0v) is 10.6. The smallest absolute Gasteiger partial charge is 0.253 e. The monoisotopic (exact) mass is 245 g/mol. The second kappa shape index (κ2) is 5.11. The van der Waals surface area contributed by atoms with Crippen molar-refractivity contribution >= 4 is 11.6 Å². The van der Waals surface area contributed by atoms with Crippen LogP contribution in [0.2, 0.25) is 0 Å². The summed E-state index contributed by atoms with van der Waals surface area (Å²) >= 11 is 0. The Morgan fingerprint density at radius 1 is 1.22 bits per heavy atom. The van der Waals surface area contributed by atoms with E-state index in [0.717, 1.165) is 31.4 Å². The van der Waals surface area contributed by atoms with Crippen LogP contribution in [0.1, 0.15) is 36.8 Å². The van der Waals surface area contributed by atoms with E-state index in [9.17, 15) is 4.79 Å². The normalized spacial score (nSPS) is 22.6. The molecular weight excluding hydrogens is 226 g/mol. The Balaban J connectivity index is 1.77. The fraction of sp³-hybridized carbons (Fsp3) is 0.533. The van der Waals surface area contributed by atoms with Gasteiger partial charge in [0.05, 0.1) is 0 Å². The Kier molecular flexibility index (Phi) is 3.33. The molecular formula is C15H19NO2. The third-order valence-electron chi connectivity index (χ3n) is 3.88. The maximum Gasteiger partial charge on any atom is 0.253 e. The number of nitrogens with one attached hydrogen (secondary N) is 1. The van der Waals surface area contributed by atoms with Gasteiger partial charge in [-0.3, -0.25) is 4.79 Å². The lowest BCUT2D eigenvalue weighted by molar-refractivity contribution is -0.124. The molecule has 0 aromatic heterocycles. The summed E-state index contributed by atoms with van der Waals surface area (Å²) < 4.78 is 5.42. The summed E-state index contributed by atoms with van der Waals surface area (Å²) in [6, 6.07) is 6.22. The van der Waals surface area contributed by atoms with Gasteiger partial charge >= 0.3 is 0 Å². The molecule has 0 unspecified atom stereocenters. The third kappa shape index (κ3) is 2.27. The zero-order valence-electron chi connectivity index (χ0n) is 10.6. The Morgan fingerprint density at radius 2 is 2.11 bits per heavy atom. The Labute approximate surface area is 108 Å². The van der Waals surface area contributed by atoms with Gasteiger partial charge in [0, 0.05) is 12.3 Å². The van der Waals surface area contributed by atoms with Gasteiger partial charge in [-0.2, -0.15) is 0 Å². The average molecular weight is 245 g/mol. The van der Waals surface area contributed by atoms with Crippen molar-refractivity contribution < 1.29 is 9.53 Å². The first kappa shape index (κ1) is 11.7. The number of anilines is 1. The van der Waals surface area contributed by atoms with Gasteiger partial charge in [0.25, 0.3) is 5.91 Å². The second-order valence-corrected chi connectivity index (χ2v) is 5.14. The molecule has 1 heterocycles. The summed E-state index contributed by atoms with van der Waals surface area (Å²) in [6.07, 6.45) is 6.29. The van der Waals surface area contributed by atoms with E-state index in [-0.39, 0.29) is 12.0 Å². The standard InChI is InChI=1S/C15H19NO2/c17-15(14-9-4-10-18-14)16-13-8-3-6-11-5-1-2-7-12(11)13/h3,6,8,14H,1-2,4-5,7,9-10H2,(H,16,17)/t14-/m0/s1. The van der Waals surface area contributed by atoms with Crippen molar-refractivity contribution in [3.63, 3.8) is 0 Å². The fourth-order valence-electron chi connectivity index (χ4n) is 2.90. The van der Waals surface area contributed by atoms with Gasteiger partial charge in [-0.1, -0.05) is 12.1 Å². The van der Waals surface area contributed by atoms with Gasteiger partial charge in [-0.05, 0) is 55.7 Å². The fourth-order valence-corrected chi connectivity index (χ4v) is 2.90. The molecule has 1 saturated heterocycles. The number of hydrogen-bond donors (Lipinski definition) is 1. The number of carbonyl (C=O) groups excluding carboxylic acids is 1. The van der Waals surface area contributed by atoms with Gasteiger partial charge in [-0.15, -0.1) is 0 Å². The number of aryl methyl sites for hydroxylation is 1. The van der Waals surface area contributed by atoms with Crippen molar-refractivity contribution in [2.45, 2.75) is 44.6 Å². The highest BCUT2D eigenvalue weighted by atomic mass is 16.5. The SMILES string of the molecule is O=C(Nc1cccc2c1CCCC2)[C@@H]1CCCO1. The molecule has 0 saturated carbocycles. The molecule has 1 aliphatic carbocycles. The molecule has 0 spiro atoms. The van der Waals surface area contributed by atoms with E-state index in [1.165, 1.54) is 24.0 Å². The molecule has 18 heavy (non-hydrogen) atoms. The third-order valence-corrected chi connectivity index (χ3v) is 3.88. The van der Waals surface area contributed by atoms with Crippen LogP contribution in [0.25, 0.3) is 0 Å². The number of ether oxygens (including phenoxy) is 1. The molecule has 3 nitrogen and oxygen atoms in total. The predicted molar refractivity (Wildman–Crippen MR) is 70.7 cm³/mol. The van der Waals surface area contributed by atoms with Crippen molar-refractivity contribution in [2.75, 3.05) is 11.9 Å². The van der Waals surface area contributed by atoms with Crippen molar-refractivity contribution in [2.24, 2.45) is 0 Å². The minimum Gasteiger partial charge on any atom is -0.368 e. The van der Waals surface area contributed by atoms with Gasteiger partial charge in [0.1, 0.15) is 6.10 Å². The van der Waals surface area contributed by atoms with Crippen LogP contribution in [0, 0.1) is 0 Å². The molecule has 96 valence electrons. The second-order valence-electron chi connectivity index (χ2n) is 5.14. The lowest BCUT2D eigenvalue weighted by Crippen LogP contribution is -2.27. The van der Waals surface area contributed by atoms with Crippen LogP contribution in [0.15, 0.2) is 18.2 Å². The summed E-state index contributed by atoms with van der Waals surface area (Å²) in [4.78, 5) is 12.1. The maximum absolute atomic E-state index is 12.1. The van der Waals surface area contributed by atoms with Crippen LogP contribution in [-0.4, -0.2) is 18.6 Å². The first-order valence-corrected chi connectivity index (χ1v) is 6.88. The molecule has 1 aliphatic heterocycles. The van der Waals surface area contributed by atoms with Gasteiger partial charge < -0.3 is 10.1 Å². The highest BCUT2D eigenvalue weighted by molar-refractivity contribution is 5.95. The minimum atomic E-state index is -0.246. The number of carbonyl (C=O) groups is 1. The van der Waals surface area contributed by atoms with Gasteiger partial charge in [-0.25, -0.2) is 0 Å². The molecule has 0 bridgehead atoms. The van der Waals surface area contributed by atoms with E-state index >= 15 is 0 Å². The minimum absolute atomic E-state index is 0.0199. The van der Waals surface area contributed by atoms with Gasteiger partial charge in [0.15, 0.2) is 0 Å². The summed E-state index contributed by atoms with van der Waals surface area (Å²) in [6.45, 7) is 0.713. The number of amides is 1. The van der Waals surface area contributed by atoms with E-state index in [1.807, 2.05) is 12.1 Å². The first-order valence-electron chi connectivity index (χ1n) is 6.88. The highest BCUT2D eigenvalue weighted by Crippen LogP contribution is 2.28. The van der Waals surface area contributed by atoms with Crippen LogP contribution < -0.4 is 5.32 Å². The topological polar surface area (TPSA) is 38.3 Å². The van der Waals surface area contributed by atoms with Crippen LogP contribution in [0.4, 0.5) is 5.69 Å². The van der Waals surface area contributed by atoms with E-state index in [2.05, 4.69) is 11.4 Å². The van der Waals surface area contributed by atoms with E-state index in [0.29, 0.717) is 6.61 Å². The Bertz CT molecular complexity index is 450. The molecule has 3 rings (SSSR count). The first-order chi connectivity index (χ1) is 8.84. The molecule has 1 N–H and O–H groups in total. The van der Waals surface area contributed by atoms with Crippen LogP contribution in [-0.2, 0) is 22.4 Å². The summed E-state index contributed by atoms with van der Waals surface area (Å²) in [5.74, 6) is 0.0199. The predicted octanol–water partition coefficient (Wildman–Crippen LogP) is 2.68. The number of rotatable bonds is 2. The van der Waals surface area contributed by atoms with E-state index < -0.39 is 0 Å². The van der Waals surface area contributed by atoms with Gasteiger partial charge in [0.2, 0.25) is 0 Å². The quantitative estimate of drug-likeness (QED) is 0.870. The molecule has 0 radical (unpaired) electrons. The number of hydrogen-bond acceptors (Lipinski definition) is 2. The van der Waals surface area contributed by atoms with E-state index in [4.69, 9.17) is 4.74 Å². The lowest BCUT2D eigenvalue weighted by atomic mass is 9.90. The van der Waals surface area contributed by atoms with Crippen molar-refractivity contribution in [3.05, 3.63) is 29.3 Å². The molecule has 3 heteroatoms. The number of fused-ring (bicyclic) bond motifs is 1. The number of benzene rings is 1. The zero-order chi connectivity index (χ0) is 12.4. The van der Waals surface area contributed by atoms with Crippen LogP contribution >= 0.6 is 0 Å². The molecule has 1 atom stereocenters. The van der Waals surface area contributed by atoms with Crippen molar-refractivity contribution in [1.29, 1.82) is 0 Å². The van der Waals surface area contributed by atoms with Crippen LogP contribution in [0.5, 0.6) is 0 Å². The van der Waals surface area contributed by atoms with Crippen molar-refractivity contribution in [3.8, 4) is 0 Å². The molecule has 2 aliphatic rings. The molecule has 1 aromatic rings. The maximum atomic E-state index is 12.1. The Morgan fingerprint density at radius 3 is 2.94 bits per heavy atom. The largest absolute Gasteiger partial charge is 0.368 e. The Hall–Kier alpha value is -1.35. The summed E-state index contributed by atoms with van der Waals surface area (Å²) in [5.41, 5.74) is 3.72. The van der Waals surface area contributed by atoms with Crippen molar-refractivity contribution in [1.82, 2.24) is 0 Å². The molecule has 1 aromatic carbocycles. The summed E-state index contributed by atoms with van der Waals surface area (Å²) in [7, 11) is 0. The molecule has 1 amide bonds. The lowest BCUT2D eigenvalue weighted by Gasteiger charge is -2.20. The summed E-state index contributed by atoms with van der Waals surface area (Å²) in [5, 5.41) is 3.05. The molecule has 1 fully saturated rings. The average Bonchev–Trinajstić information content (AvgIpc) is 2.93. The van der Waals surface area contributed by atoms with E-state index in [1.54, 1.807) is 0 Å². The highest BCUT2D eigenvalue weighted by Gasteiger charge is 2.24.